The molecule has 0 spiro atoms. The Hall–Kier alpha value is -1.17. The van der Waals surface area contributed by atoms with Crippen LogP contribution in [0.2, 0.25) is 0 Å². The fourth-order valence-corrected chi connectivity index (χ4v) is 2.59. The minimum Gasteiger partial charge on any atom is -0.317 e. The maximum Gasteiger partial charge on any atom is 0.233 e. The van der Waals surface area contributed by atoms with Gasteiger partial charge in [0, 0.05) is 31.2 Å². The van der Waals surface area contributed by atoms with E-state index in [0.29, 0.717) is 6.04 Å². The Labute approximate surface area is 119 Å². The third-order valence-electron chi connectivity index (χ3n) is 3.63. The molecule has 2 aromatic rings. The Morgan fingerprint density at radius 2 is 2.21 bits per heavy atom. The zero-order chi connectivity index (χ0) is 12.4. The van der Waals surface area contributed by atoms with Gasteiger partial charge in [0.05, 0.1) is 5.69 Å². The van der Waals surface area contributed by atoms with Crippen LogP contribution in [0.4, 0.5) is 0 Å². The van der Waals surface area contributed by atoms with Crippen molar-refractivity contribution in [2.24, 2.45) is 0 Å². The van der Waals surface area contributed by atoms with E-state index < -0.39 is 0 Å². The van der Waals surface area contributed by atoms with Crippen molar-refractivity contribution in [1.29, 1.82) is 0 Å². The van der Waals surface area contributed by atoms with Crippen molar-refractivity contribution < 1.29 is 0 Å². The van der Waals surface area contributed by atoms with Crippen LogP contribution in [0.3, 0.4) is 0 Å². The molecule has 1 saturated heterocycles. The van der Waals surface area contributed by atoms with Gasteiger partial charge in [-0.1, -0.05) is 0 Å². The third-order valence-corrected chi connectivity index (χ3v) is 3.63. The molecule has 0 aromatic carbocycles. The van der Waals surface area contributed by atoms with Gasteiger partial charge in [0.2, 0.25) is 5.78 Å². The summed E-state index contributed by atoms with van der Waals surface area (Å²) in [6, 6.07) is 2.60. The summed E-state index contributed by atoms with van der Waals surface area (Å²) in [5, 5.41) is 3.40. The van der Waals surface area contributed by atoms with Gasteiger partial charge in [0.25, 0.3) is 0 Å². The van der Waals surface area contributed by atoms with Crippen molar-refractivity contribution in [3.05, 3.63) is 30.4 Å². The number of imidazole rings is 1. The first-order chi connectivity index (χ1) is 8.83. The largest absolute Gasteiger partial charge is 0.317 e. The number of fused-ring (bicyclic) bond motifs is 1. The second-order valence-electron chi connectivity index (χ2n) is 4.96. The van der Waals surface area contributed by atoms with E-state index in [1.54, 1.807) is 6.20 Å². The predicted molar refractivity (Wildman–Crippen MR) is 77.6 cm³/mol. The van der Waals surface area contributed by atoms with E-state index in [4.69, 9.17) is 0 Å². The first kappa shape index (κ1) is 14.2. The first-order valence-corrected chi connectivity index (χ1v) is 6.52. The van der Waals surface area contributed by atoms with Crippen molar-refractivity contribution in [3.8, 4) is 0 Å². The van der Waals surface area contributed by atoms with Gasteiger partial charge in [-0.3, -0.25) is 9.30 Å². The molecular formula is C13H20ClN5. The molecule has 0 radical (unpaired) electrons. The van der Waals surface area contributed by atoms with Crippen molar-refractivity contribution in [1.82, 2.24) is 24.6 Å². The molecule has 3 rings (SSSR count). The number of aromatic nitrogens is 3. The minimum atomic E-state index is 0. The molecule has 0 unspecified atom stereocenters. The second kappa shape index (κ2) is 6.32. The molecule has 6 heteroatoms. The van der Waals surface area contributed by atoms with E-state index in [1.807, 2.05) is 16.7 Å². The lowest BCUT2D eigenvalue weighted by Crippen LogP contribution is -2.40. The van der Waals surface area contributed by atoms with E-state index in [-0.39, 0.29) is 12.4 Å². The third kappa shape index (κ3) is 3.23. The lowest BCUT2D eigenvalue weighted by molar-refractivity contribution is 0.190. The van der Waals surface area contributed by atoms with Gasteiger partial charge in [-0.05, 0) is 39.0 Å². The summed E-state index contributed by atoms with van der Waals surface area (Å²) in [5.41, 5.74) is 1.09. The lowest BCUT2D eigenvalue weighted by Gasteiger charge is -2.31. The van der Waals surface area contributed by atoms with Crippen LogP contribution in [0.15, 0.2) is 24.7 Å². The lowest BCUT2D eigenvalue weighted by atomic mass is 10.1. The summed E-state index contributed by atoms with van der Waals surface area (Å²) in [5.74, 6) is 0.784. The molecule has 104 valence electrons. The summed E-state index contributed by atoms with van der Waals surface area (Å²) in [6.45, 7) is 3.15. The number of hydrogen-bond donors (Lipinski definition) is 1. The Balaban J connectivity index is 0.00000133. The molecule has 0 bridgehead atoms. The summed E-state index contributed by atoms with van der Waals surface area (Å²) in [7, 11) is 2.19. The van der Waals surface area contributed by atoms with Gasteiger partial charge in [0.15, 0.2) is 0 Å². The van der Waals surface area contributed by atoms with Crippen LogP contribution in [0.25, 0.3) is 5.78 Å². The fourth-order valence-electron chi connectivity index (χ4n) is 2.59. The molecule has 0 amide bonds. The second-order valence-corrected chi connectivity index (χ2v) is 4.96. The first-order valence-electron chi connectivity index (χ1n) is 6.52. The van der Waals surface area contributed by atoms with Crippen LogP contribution >= 0.6 is 12.4 Å². The maximum absolute atomic E-state index is 4.54. The van der Waals surface area contributed by atoms with Gasteiger partial charge in [-0.2, -0.15) is 0 Å². The normalized spacial score (nSPS) is 16.7. The highest BCUT2D eigenvalue weighted by atomic mass is 35.5. The average Bonchev–Trinajstić information content (AvgIpc) is 2.82. The molecule has 0 saturated carbocycles. The van der Waals surface area contributed by atoms with Crippen LogP contribution in [-0.4, -0.2) is 45.4 Å². The molecular weight excluding hydrogens is 262 g/mol. The SMILES string of the molecule is CN(Cc1cn2cccnc2n1)C1CCNCC1.Cl. The van der Waals surface area contributed by atoms with Gasteiger partial charge < -0.3 is 5.32 Å². The average molecular weight is 282 g/mol. The van der Waals surface area contributed by atoms with Crippen molar-refractivity contribution in [3.63, 3.8) is 0 Å². The Kier molecular flexibility index (Phi) is 4.74. The van der Waals surface area contributed by atoms with Crippen LogP contribution < -0.4 is 5.32 Å². The number of piperidine rings is 1. The molecule has 3 heterocycles. The van der Waals surface area contributed by atoms with Crippen LogP contribution in [0.5, 0.6) is 0 Å². The molecule has 1 N–H and O–H groups in total. The summed E-state index contributed by atoms with van der Waals surface area (Å²) in [4.78, 5) is 11.2. The summed E-state index contributed by atoms with van der Waals surface area (Å²) < 4.78 is 1.98. The minimum absolute atomic E-state index is 0. The van der Waals surface area contributed by atoms with E-state index in [1.165, 1.54) is 12.8 Å². The quantitative estimate of drug-likeness (QED) is 0.922. The smallest absolute Gasteiger partial charge is 0.233 e. The number of nitrogens with zero attached hydrogens (tertiary/aromatic N) is 4. The van der Waals surface area contributed by atoms with Gasteiger partial charge in [-0.25, -0.2) is 9.97 Å². The molecule has 2 aromatic heterocycles. The number of nitrogens with one attached hydrogen (secondary N) is 1. The van der Waals surface area contributed by atoms with Gasteiger partial charge in [-0.15, -0.1) is 12.4 Å². The molecule has 1 fully saturated rings. The number of halogens is 1. The van der Waals surface area contributed by atoms with Crippen molar-refractivity contribution in [2.75, 3.05) is 20.1 Å². The molecule has 5 nitrogen and oxygen atoms in total. The van der Waals surface area contributed by atoms with Gasteiger partial charge in [0.1, 0.15) is 0 Å². The fraction of sp³-hybridized carbons (Fsp3) is 0.538. The molecule has 0 atom stereocenters. The summed E-state index contributed by atoms with van der Waals surface area (Å²) >= 11 is 0. The van der Waals surface area contributed by atoms with E-state index in [2.05, 4.69) is 33.4 Å². The van der Waals surface area contributed by atoms with E-state index in [0.717, 1.165) is 31.1 Å². The van der Waals surface area contributed by atoms with Crippen LogP contribution in [0, 0.1) is 0 Å². The zero-order valence-electron chi connectivity index (χ0n) is 11.1. The standard InChI is InChI=1S/C13H19N5.ClH/c1-17(12-3-6-14-7-4-12)9-11-10-18-8-2-5-15-13(18)16-11;/h2,5,8,10,12,14H,3-4,6-7,9H2,1H3;1H. The predicted octanol–water partition coefficient (Wildman–Crippen LogP) is 1.33. The molecule has 1 aliphatic heterocycles. The maximum atomic E-state index is 4.54. The Morgan fingerprint density at radius 3 is 2.95 bits per heavy atom. The van der Waals surface area contributed by atoms with Crippen LogP contribution in [0.1, 0.15) is 18.5 Å². The van der Waals surface area contributed by atoms with Crippen molar-refractivity contribution >= 4 is 18.2 Å². The number of hydrogen-bond acceptors (Lipinski definition) is 4. The van der Waals surface area contributed by atoms with E-state index >= 15 is 0 Å². The van der Waals surface area contributed by atoms with Crippen molar-refractivity contribution in [2.45, 2.75) is 25.4 Å². The zero-order valence-corrected chi connectivity index (χ0v) is 11.9. The molecule has 0 aliphatic carbocycles. The number of rotatable bonds is 3. The monoisotopic (exact) mass is 281 g/mol. The van der Waals surface area contributed by atoms with Crippen LogP contribution in [-0.2, 0) is 6.54 Å². The topological polar surface area (TPSA) is 45.5 Å². The Morgan fingerprint density at radius 1 is 1.42 bits per heavy atom. The highest BCUT2D eigenvalue weighted by Crippen LogP contribution is 2.13. The summed E-state index contributed by atoms with van der Waals surface area (Å²) in [6.07, 6.45) is 8.29. The molecule has 19 heavy (non-hydrogen) atoms. The molecule has 1 aliphatic rings. The highest BCUT2D eigenvalue weighted by molar-refractivity contribution is 5.85. The van der Waals surface area contributed by atoms with E-state index in [9.17, 15) is 0 Å². The highest BCUT2D eigenvalue weighted by Gasteiger charge is 2.18. The Bertz CT molecular complexity index is 487. The van der Waals surface area contributed by atoms with Gasteiger partial charge >= 0.3 is 0 Å².